The van der Waals surface area contributed by atoms with E-state index < -0.39 is 0 Å². The van der Waals surface area contributed by atoms with E-state index in [2.05, 4.69) is 30.1 Å². The first-order valence-corrected chi connectivity index (χ1v) is 9.13. The van der Waals surface area contributed by atoms with Crippen molar-refractivity contribution >= 4 is 5.71 Å². The molecule has 134 valence electrons. The lowest BCUT2D eigenvalue weighted by molar-refractivity contribution is -0.0194. The molecule has 0 bridgehead atoms. The van der Waals surface area contributed by atoms with Gasteiger partial charge in [-0.15, -0.1) is 0 Å². The molecule has 0 saturated heterocycles. The molecule has 0 spiro atoms. The Labute approximate surface area is 157 Å². The number of para-hydroxylation sites is 1. The van der Waals surface area contributed by atoms with E-state index in [0.29, 0.717) is 0 Å². The molecule has 2 aliphatic heterocycles. The van der Waals surface area contributed by atoms with E-state index in [1.165, 1.54) is 17.7 Å². The molecule has 0 amide bonds. The van der Waals surface area contributed by atoms with E-state index in [4.69, 9.17) is 9.84 Å². The number of benzene rings is 3. The second-order valence-corrected chi connectivity index (χ2v) is 7.02. The van der Waals surface area contributed by atoms with Gasteiger partial charge in [0.2, 0.25) is 6.23 Å². The van der Waals surface area contributed by atoms with Crippen LogP contribution in [0, 0.1) is 12.7 Å². The molecular weight excluding hydrogens is 339 g/mol. The quantitative estimate of drug-likeness (QED) is 0.615. The lowest BCUT2D eigenvalue weighted by atomic mass is 9.95. The highest BCUT2D eigenvalue weighted by molar-refractivity contribution is 6.01. The van der Waals surface area contributed by atoms with Crippen LogP contribution in [0.25, 0.3) is 0 Å². The Morgan fingerprint density at radius 2 is 1.63 bits per heavy atom. The molecule has 2 aliphatic rings. The van der Waals surface area contributed by atoms with Crippen molar-refractivity contribution in [2.45, 2.75) is 25.6 Å². The molecule has 5 rings (SSSR count). The van der Waals surface area contributed by atoms with Crippen LogP contribution in [0.1, 0.15) is 40.9 Å². The number of hydrazone groups is 1. The molecule has 0 saturated carbocycles. The highest BCUT2D eigenvalue weighted by Gasteiger charge is 2.41. The van der Waals surface area contributed by atoms with Gasteiger partial charge in [-0.05, 0) is 36.2 Å². The predicted molar refractivity (Wildman–Crippen MR) is 103 cm³/mol. The highest BCUT2D eigenvalue weighted by Crippen LogP contribution is 2.47. The number of rotatable bonds is 2. The standard InChI is InChI=1S/C23H19FN2O/c1-15-6-2-3-7-18(15)23-26-21(19-8-4-5-9-22(19)27-23)14-20(25-26)16-10-12-17(24)13-11-16/h2-13,21,23H,14H2,1H3/t21-,23+/m0/s1. The zero-order valence-electron chi connectivity index (χ0n) is 15.0. The number of hydrogen-bond acceptors (Lipinski definition) is 3. The summed E-state index contributed by atoms with van der Waals surface area (Å²) in [5.74, 6) is 0.670. The van der Waals surface area contributed by atoms with Gasteiger partial charge in [-0.3, -0.25) is 0 Å². The van der Waals surface area contributed by atoms with Gasteiger partial charge in [0.25, 0.3) is 0 Å². The molecule has 0 N–H and O–H groups in total. The normalized spacial score (nSPS) is 20.5. The van der Waals surface area contributed by atoms with Crippen LogP contribution in [0.3, 0.4) is 0 Å². The molecule has 0 radical (unpaired) electrons. The monoisotopic (exact) mass is 358 g/mol. The first-order valence-electron chi connectivity index (χ1n) is 9.13. The fourth-order valence-corrected chi connectivity index (χ4v) is 3.92. The Kier molecular flexibility index (Phi) is 3.71. The van der Waals surface area contributed by atoms with Crippen LogP contribution < -0.4 is 4.74 Å². The molecule has 3 aromatic rings. The summed E-state index contributed by atoms with van der Waals surface area (Å²) in [4.78, 5) is 0. The lowest BCUT2D eigenvalue weighted by Crippen LogP contribution is -2.34. The van der Waals surface area contributed by atoms with Crippen LogP contribution in [0.15, 0.2) is 77.9 Å². The molecule has 27 heavy (non-hydrogen) atoms. The maximum atomic E-state index is 13.3. The molecule has 0 aromatic heterocycles. The van der Waals surface area contributed by atoms with Gasteiger partial charge in [-0.25, -0.2) is 9.40 Å². The summed E-state index contributed by atoms with van der Waals surface area (Å²) in [6.07, 6.45) is 0.498. The van der Waals surface area contributed by atoms with Crippen molar-refractivity contribution in [3.05, 3.63) is 101 Å². The Balaban J connectivity index is 1.61. The maximum Gasteiger partial charge on any atom is 0.214 e. The zero-order chi connectivity index (χ0) is 18.4. The fourth-order valence-electron chi connectivity index (χ4n) is 3.92. The third-order valence-corrected chi connectivity index (χ3v) is 5.33. The fraction of sp³-hybridized carbons (Fsp3) is 0.174. The molecule has 3 nitrogen and oxygen atoms in total. The van der Waals surface area contributed by atoms with Crippen molar-refractivity contribution in [2.75, 3.05) is 0 Å². The number of ether oxygens (including phenoxy) is 1. The van der Waals surface area contributed by atoms with E-state index in [1.54, 1.807) is 12.1 Å². The van der Waals surface area contributed by atoms with Gasteiger partial charge in [0.05, 0.1) is 11.8 Å². The minimum Gasteiger partial charge on any atom is -0.464 e. The molecule has 0 aliphatic carbocycles. The summed E-state index contributed by atoms with van der Waals surface area (Å²) in [5, 5.41) is 6.97. The van der Waals surface area contributed by atoms with Gasteiger partial charge >= 0.3 is 0 Å². The summed E-state index contributed by atoms with van der Waals surface area (Å²) in [6, 6.07) is 23.1. The number of aryl methyl sites for hydroxylation is 1. The lowest BCUT2D eigenvalue weighted by Gasteiger charge is -2.38. The second kappa shape index (κ2) is 6.23. The predicted octanol–water partition coefficient (Wildman–Crippen LogP) is 5.38. The van der Waals surface area contributed by atoms with E-state index in [1.807, 2.05) is 30.3 Å². The van der Waals surface area contributed by atoms with E-state index >= 15 is 0 Å². The van der Waals surface area contributed by atoms with Crippen molar-refractivity contribution in [3.63, 3.8) is 0 Å². The van der Waals surface area contributed by atoms with Crippen molar-refractivity contribution < 1.29 is 9.13 Å². The van der Waals surface area contributed by atoms with Crippen molar-refractivity contribution in [1.29, 1.82) is 0 Å². The summed E-state index contributed by atoms with van der Waals surface area (Å²) in [5.41, 5.74) is 5.33. The van der Waals surface area contributed by atoms with Crippen LogP contribution in [-0.4, -0.2) is 10.7 Å². The first kappa shape index (κ1) is 16.1. The highest BCUT2D eigenvalue weighted by atomic mass is 19.1. The smallest absolute Gasteiger partial charge is 0.214 e. The Bertz CT molecular complexity index is 1030. The van der Waals surface area contributed by atoms with Gasteiger partial charge in [-0.1, -0.05) is 54.6 Å². The van der Waals surface area contributed by atoms with E-state index in [9.17, 15) is 4.39 Å². The minimum atomic E-state index is -0.274. The van der Waals surface area contributed by atoms with Gasteiger partial charge in [0.1, 0.15) is 11.6 Å². The molecule has 3 aromatic carbocycles. The van der Waals surface area contributed by atoms with Crippen molar-refractivity contribution in [3.8, 4) is 5.75 Å². The maximum absolute atomic E-state index is 13.3. The number of fused-ring (bicyclic) bond motifs is 3. The molecule has 2 atom stereocenters. The second-order valence-electron chi connectivity index (χ2n) is 7.02. The van der Waals surface area contributed by atoms with E-state index in [0.717, 1.165) is 34.6 Å². The molecule has 2 heterocycles. The van der Waals surface area contributed by atoms with Crippen LogP contribution in [0.2, 0.25) is 0 Å². The van der Waals surface area contributed by atoms with Crippen LogP contribution >= 0.6 is 0 Å². The molecular formula is C23H19FN2O. The van der Waals surface area contributed by atoms with Crippen molar-refractivity contribution in [1.82, 2.24) is 5.01 Å². The third kappa shape index (κ3) is 2.69. The summed E-state index contributed by atoms with van der Waals surface area (Å²) >= 11 is 0. The number of hydrogen-bond donors (Lipinski definition) is 0. The van der Waals surface area contributed by atoms with Gasteiger partial charge < -0.3 is 4.74 Å². The third-order valence-electron chi connectivity index (χ3n) is 5.33. The minimum absolute atomic E-state index is 0.111. The van der Waals surface area contributed by atoms with E-state index in [-0.39, 0.29) is 18.1 Å². The van der Waals surface area contributed by atoms with Gasteiger partial charge in [-0.2, -0.15) is 5.10 Å². The average molecular weight is 358 g/mol. The first-order chi connectivity index (χ1) is 13.2. The summed E-state index contributed by atoms with van der Waals surface area (Å²) in [7, 11) is 0. The average Bonchev–Trinajstić information content (AvgIpc) is 3.14. The summed E-state index contributed by atoms with van der Waals surface area (Å²) in [6.45, 7) is 2.09. The van der Waals surface area contributed by atoms with Crippen molar-refractivity contribution in [2.24, 2.45) is 5.10 Å². The van der Waals surface area contributed by atoms with Crippen LogP contribution in [-0.2, 0) is 0 Å². The van der Waals surface area contributed by atoms with Crippen LogP contribution in [0.5, 0.6) is 5.75 Å². The largest absolute Gasteiger partial charge is 0.464 e. The Morgan fingerprint density at radius 3 is 2.41 bits per heavy atom. The number of halogens is 1. The van der Waals surface area contributed by atoms with Crippen LogP contribution in [0.4, 0.5) is 4.39 Å². The Hall–Kier alpha value is -3.14. The van der Waals surface area contributed by atoms with Gasteiger partial charge in [0.15, 0.2) is 0 Å². The molecule has 0 unspecified atom stereocenters. The number of nitrogens with zero attached hydrogens (tertiary/aromatic N) is 2. The molecule has 0 fully saturated rings. The Morgan fingerprint density at radius 1 is 0.926 bits per heavy atom. The summed E-state index contributed by atoms with van der Waals surface area (Å²) < 4.78 is 19.7. The zero-order valence-corrected chi connectivity index (χ0v) is 15.0. The topological polar surface area (TPSA) is 24.8 Å². The SMILES string of the molecule is Cc1ccccc1[C@H]1Oc2ccccc2[C@@H]2CC(c3ccc(F)cc3)=NN12. The van der Waals surface area contributed by atoms with Gasteiger partial charge in [0, 0.05) is 17.5 Å². The molecule has 4 heteroatoms.